The van der Waals surface area contributed by atoms with Crippen LogP contribution in [0, 0.1) is 0 Å². The highest BCUT2D eigenvalue weighted by Crippen LogP contribution is 2.29. The molecule has 0 atom stereocenters. The molecule has 1 aromatic rings. The smallest absolute Gasteiger partial charge is 0.246 e. The molecular weight excluding hydrogens is 262 g/mol. The zero-order valence-electron chi connectivity index (χ0n) is 11.2. The molecule has 0 spiro atoms. The van der Waals surface area contributed by atoms with Gasteiger partial charge in [-0.25, -0.2) is 8.42 Å². The highest BCUT2D eigenvalue weighted by atomic mass is 32.2. The maximum Gasteiger partial charge on any atom is 0.246 e. The molecule has 1 saturated carbocycles. The Balaban J connectivity index is 2.33. The largest absolute Gasteiger partial charge is 0.398 e. The van der Waals surface area contributed by atoms with E-state index < -0.39 is 10.0 Å². The van der Waals surface area contributed by atoms with Gasteiger partial charge in [0.2, 0.25) is 10.0 Å². The monoisotopic (exact) mass is 283 g/mol. The first kappa shape index (κ1) is 14.3. The van der Waals surface area contributed by atoms with Crippen LogP contribution in [-0.4, -0.2) is 30.3 Å². The van der Waals surface area contributed by atoms with Crippen LogP contribution in [0.25, 0.3) is 0 Å². The first-order valence-electron chi connectivity index (χ1n) is 6.78. The SMILES string of the molecule is CCN(C1CCCCC1)S(=O)(=O)c1cnccc1N. The van der Waals surface area contributed by atoms with Crippen LogP contribution >= 0.6 is 0 Å². The van der Waals surface area contributed by atoms with Gasteiger partial charge < -0.3 is 5.73 Å². The summed E-state index contributed by atoms with van der Waals surface area (Å²) in [6.45, 7) is 2.35. The predicted molar refractivity (Wildman–Crippen MR) is 75.1 cm³/mol. The van der Waals surface area contributed by atoms with Gasteiger partial charge in [0.25, 0.3) is 0 Å². The van der Waals surface area contributed by atoms with E-state index in [9.17, 15) is 8.42 Å². The summed E-state index contributed by atoms with van der Waals surface area (Å²) in [4.78, 5) is 4.02. The summed E-state index contributed by atoms with van der Waals surface area (Å²) in [5, 5.41) is 0. The van der Waals surface area contributed by atoms with Gasteiger partial charge in [0, 0.05) is 25.0 Å². The van der Waals surface area contributed by atoms with Crippen molar-refractivity contribution in [1.82, 2.24) is 9.29 Å². The van der Waals surface area contributed by atoms with Crippen molar-refractivity contribution in [2.75, 3.05) is 12.3 Å². The first-order chi connectivity index (χ1) is 9.07. The van der Waals surface area contributed by atoms with Gasteiger partial charge in [0.05, 0.1) is 5.69 Å². The number of nitrogens with zero attached hydrogens (tertiary/aromatic N) is 2. The fourth-order valence-corrected chi connectivity index (χ4v) is 4.48. The van der Waals surface area contributed by atoms with Crippen LogP contribution in [-0.2, 0) is 10.0 Å². The van der Waals surface area contributed by atoms with E-state index in [1.807, 2.05) is 6.92 Å². The van der Waals surface area contributed by atoms with E-state index in [1.54, 1.807) is 4.31 Å². The second-order valence-corrected chi connectivity index (χ2v) is 6.77. The summed E-state index contributed by atoms with van der Waals surface area (Å²) in [6.07, 6.45) is 8.11. The van der Waals surface area contributed by atoms with Gasteiger partial charge in [-0.05, 0) is 18.9 Å². The number of sulfonamides is 1. The Labute approximate surface area is 114 Å². The molecule has 2 rings (SSSR count). The number of anilines is 1. The number of hydrogen-bond acceptors (Lipinski definition) is 4. The highest BCUT2D eigenvalue weighted by Gasteiger charge is 2.32. The standard InChI is InChI=1S/C13H21N3O2S/c1-2-16(11-6-4-3-5-7-11)19(17,18)13-10-15-9-8-12(13)14/h8-11H,2-7H2,1H3,(H2,14,15). The number of pyridine rings is 1. The van der Waals surface area contributed by atoms with Crippen molar-refractivity contribution in [3.8, 4) is 0 Å². The Bertz CT molecular complexity index is 524. The summed E-state index contributed by atoms with van der Waals surface area (Å²) >= 11 is 0. The molecule has 2 N–H and O–H groups in total. The van der Waals surface area contributed by atoms with Gasteiger partial charge in [-0.1, -0.05) is 26.2 Å². The summed E-state index contributed by atoms with van der Waals surface area (Å²) in [5.41, 5.74) is 6.05. The van der Waals surface area contributed by atoms with Gasteiger partial charge in [-0.2, -0.15) is 4.31 Å². The number of hydrogen-bond donors (Lipinski definition) is 1. The number of aromatic nitrogens is 1. The summed E-state index contributed by atoms with van der Waals surface area (Å²) in [6, 6.07) is 1.63. The van der Waals surface area contributed by atoms with E-state index in [1.165, 1.54) is 24.9 Å². The quantitative estimate of drug-likeness (QED) is 0.917. The van der Waals surface area contributed by atoms with Crippen LogP contribution in [0.5, 0.6) is 0 Å². The second-order valence-electron chi connectivity index (χ2n) is 4.91. The highest BCUT2D eigenvalue weighted by molar-refractivity contribution is 7.89. The minimum absolute atomic E-state index is 0.100. The van der Waals surface area contributed by atoms with Crippen molar-refractivity contribution in [1.29, 1.82) is 0 Å². The third kappa shape index (κ3) is 2.90. The third-order valence-electron chi connectivity index (χ3n) is 3.70. The molecule has 0 unspecified atom stereocenters. The van der Waals surface area contributed by atoms with Crippen molar-refractivity contribution in [3.63, 3.8) is 0 Å². The molecular formula is C13H21N3O2S. The molecule has 19 heavy (non-hydrogen) atoms. The molecule has 6 heteroatoms. The Morgan fingerprint density at radius 2 is 2.05 bits per heavy atom. The van der Waals surface area contributed by atoms with Gasteiger partial charge in [0.15, 0.2) is 0 Å². The lowest BCUT2D eigenvalue weighted by Gasteiger charge is -2.32. The van der Waals surface area contributed by atoms with Gasteiger partial charge in [-0.15, -0.1) is 0 Å². The Hall–Kier alpha value is -1.14. The van der Waals surface area contributed by atoms with Crippen molar-refractivity contribution in [3.05, 3.63) is 18.5 Å². The minimum Gasteiger partial charge on any atom is -0.398 e. The lowest BCUT2D eigenvalue weighted by molar-refractivity contribution is 0.261. The molecule has 1 aliphatic rings. The van der Waals surface area contributed by atoms with E-state index >= 15 is 0 Å². The number of rotatable bonds is 4. The zero-order valence-corrected chi connectivity index (χ0v) is 12.1. The first-order valence-corrected chi connectivity index (χ1v) is 8.22. The van der Waals surface area contributed by atoms with Crippen molar-refractivity contribution in [2.24, 2.45) is 0 Å². The molecule has 1 heterocycles. The van der Waals surface area contributed by atoms with Crippen LogP contribution in [0.4, 0.5) is 5.69 Å². The van der Waals surface area contributed by atoms with Gasteiger partial charge in [-0.3, -0.25) is 4.98 Å². The minimum atomic E-state index is -3.54. The van der Waals surface area contributed by atoms with Crippen LogP contribution in [0.3, 0.4) is 0 Å². The molecule has 0 aromatic carbocycles. The second kappa shape index (κ2) is 5.88. The molecule has 0 bridgehead atoms. The topological polar surface area (TPSA) is 76.3 Å². The fraction of sp³-hybridized carbons (Fsp3) is 0.615. The number of nitrogens with two attached hydrogens (primary N) is 1. The van der Waals surface area contributed by atoms with Crippen LogP contribution in [0.15, 0.2) is 23.4 Å². The average molecular weight is 283 g/mol. The Morgan fingerprint density at radius 1 is 1.37 bits per heavy atom. The fourth-order valence-electron chi connectivity index (χ4n) is 2.73. The Kier molecular flexibility index (Phi) is 4.42. The molecule has 1 fully saturated rings. The zero-order chi connectivity index (χ0) is 13.9. The van der Waals surface area contributed by atoms with Crippen LogP contribution < -0.4 is 5.73 Å². The molecule has 0 saturated heterocycles. The lowest BCUT2D eigenvalue weighted by Crippen LogP contribution is -2.41. The third-order valence-corrected chi connectivity index (χ3v) is 5.77. The van der Waals surface area contributed by atoms with E-state index in [0.717, 1.165) is 25.7 Å². The molecule has 0 radical (unpaired) electrons. The molecule has 106 valence electrons. The van der Waals surface area contributed by atoms with Gasteiger partial charge >= 0.3 is 0 Å². The Morgan fingerprint density at radius 3 is 2.63 bits per heavy atom. The summed E-state index contributed by atoms with van der Waals surface area (Å²) in [7, 11) is -3.54. The molecule has 1 aliphatic carbocycles. The molecule has 0 amide bonds. The lowest BCUT2D eigenvalue weighted by atomic mass is 9.95. The van der Waals surface area contributed by atoms with E-state index in [2.05, 4.69) is 4.98 Å². The average Bonchev–Trinajstić information content (AvgIpc) is 2.40. The van der Waals surface area contributed by atoms with Crippen LogP contribution in [0.2, 0.25) is 0 Å². The van der Waals surface area contributed by atoms with Crippen LogP contribution in [0.1, 0.15) is 39.0 Å². The van der Waals surface area contributed by atoms with Gasteiger partial charge in [0.1, 0.15) is 4.90 Å². The van der Waals surface area contributed by atoms with E-state index in [0.29, 0.717) is 6.54 Å². The number of nitrogen functional groups attached to an aromatic ring is 1. The van der Waals surface area contributed by atoms with Crippen molar-refractivity contribution < 1.29 is 8.42 Å². The maximum absolute atomic E-state index is 12.7. The maximum atomic E-state index is 12.7. The predicted octanol–water partition coefficient (Wildman–Crippen LogP) is 2.01. The normalized spacial score (nSPS) is 17.8. The molecule has 5 nitrogen and oxygen atoms in total. The molecule has 1 aromatic heterocycles. The summed E-state index contributed by atoms with van der Waals surface area (Å²) in [5.74, 6) is 0. The van der Waals surface area contributed by atoms with E-state index in [-0.39, 0.29) is 16.6 Å². The van der Waals surface area contributed by atoms with Crippen molar-refractivity contribution >= 4 is 15.7 Å². The summed E-state index contributed by atoms with van der Waals surface area (Å²) < 4.78 is 27.0. The molecule has 0 aliphatic heterocycles. The van der Waals surface area contributed by atoms with Crippen molar-refractivity contribution in [2.45, 2.75) is 50.0 Å². The van der Waals surface area contributed by atoms with E-state index in [4.69, 9.17) is 5.73 Å².